The van der Waals surface area contributed by atoms with Gasteiger partial charge in [-0.2, -0.15) is 26.3 Å². The number of amides is 1. The molecule has 38 heavy (non-hydrogen) atoms. The van der Waals surface area contributed by atoms with Crippen molar-refractivity contribution in [2.75, 3.05) is 29.3 Å². The maximum absolute atomic E-state index is 14.4. The van der Waals surface area contributed by atoms with E-state index in [-0.39, 0.29) is 55.0 Å². The normalized spacial score (nSPS) is 16.0. The fourth-order valence-corrected chi connectivity index (χ4v) is 4.60. The summed E-state index contributed by atoms with van der Waals surface area (Å²) >= 11 is 0. The van der Waals surface area contributed by atoms with Crippen LogP contribution in [0, 0.1) is 11.7 Å². The van der Waals surface area contributed by atoms with Crippen molar-refractivity contribution in [1.29, 1.82) is 0 Å². The number of alkyl halides is 6. The molecule has 1 saturated heterocycles. The second-order valence-electron chi connectivity index (χ2n) is 9.06. The summed E-state index contributed by atoms with van der Waals surface area (Å²) in [5.41, 5.74) is -0.569. The quantitative estimate of drug-likeness (QED) is 0.364. The van der Waals surface area contributed by atoms with E-state index in [9.17, 15) is 43.9 Å². The Kier molecular flexibility index (Phi) is 8.84. The van der Waals surface area contributed by atoms with E-state index in [2.05, 4.69) is 5.32 Å². The molecule has 1 aliphatic heterocycles. The zero-order chi connectivity index (χ0) is 28.4. The van der Waals surface area contributed by atoms with Crippen LogP contribution in [-0.4, -0.2) is 40.6 Å². The molecule has 0 saturated carbocycles. The smallest absolute Gasteiger partial charge is 0.371 e. The molecule has 0 aromatic heterocycles. The molecule has 3 rings (SSSR count). The minimum Gasteiger partial charge on any atom is -0.371 e. The largest absolute Gasteiger partial charge is 0.416 e. The Hall–Kier alpha value is -3.03. The van der Waals surface area contributed by atoms with E-state index in [0.717, 1.165) is 25.2 Å². The average molecular weight is 570 g/mol. The Morgan fingerprint density at radius 3 is 2.24 bits per heavy atom. The maximum atomic E-state index is 14.4. The molecule has 1 N–H and O–H groups in total. The molecule has 1 fully saturated rings. The maximum Gasteiger partial charge on any atom is 0.416 e. The van der Waals surface area contributed by atoms with E-state index in [1.54, 1.807) is 0 Å². The predicted octanol–water partition coefficient (Wildman–Crippen LogP) is 5.01. The number of rotatable bonds is 7. The van der Waals surface area contributed by atoms with Gasteiger partial charge in [0.05, 0.1) is 23.1 Å². The van der Waals surface area contributed by atoms with E-state index in [1.807, 2.05) is 0 Å². The first kappa shape index (κ1) is 29.5. The Labute approximate surface area is 216 Å². The van der Waals surface area contributed by atoms with Crippen molar-refractivity contribution >= 4 is 28.2 Å². The van der Waals surface area contributed by atoms with E-state index in [1.165, 1.54) is 30.0 Å². The summed E-state index contributed by atoms with van der Waals surface area (Å²) < 4.78 is 116. The van der Waals surface area contributed by atoms with E-state index < -0.39 is 52.4 Å². The van der Waals surface area contributed by atoms with Gasteiger partial charge in [0.25, 0.3) is 0 Å². The van der Waals surface area contributed by atoms with Crippen LogP contribution in [0.2, 0.25) is 0 Å². The number of thiol groups is 1. The van der Waals surface area contributed by atoms with Crippen molar-refractivity contribution in [1.82, 2.24) is 5.32 Å². The highest BCUT2D eigenvalue weighted by molar-refractivity contribution is 7.74. The van der Waals surface area contributed by atoms with Crippen LogP contribution in [-0.2, 0) is 28.4 Å². The number of hydrogen-bond acceptors (Lipinski definition) is 4. The van der Waals surface area contributed by atoms with Crippen molar-refractivity contribution in [2.24, 2.45) is 5.92 Å². The van der Waals surface area contributed by atoms with Gasteiger partial charge >= 0.3 is 12.4 Å². The van der Waals surface area contributed by atoms with Crippen LogP contribution in [0.4, 0.5) is 42.1 Å². The molecule has 0 bridgehead atoms. The lowest BCUT2D eigenvalue weighted by Crippen LogP contribution is -2.39. The van der Waals surface area contributed by atoms with Crippen LogP contribution < -0.4 is 14.5 Å². The zero-order valence-electron chi connectivity index (χ0n) is 20.4. The van der Waals surface area contributed by atoms with Gasteiger partial charge in [0.2, 0.25) is 16.8 Å². The van der Waals surface area contributed by atoms with Crippen LogP contribution in [0.5, 0.6) is 0 Å². The molecule has 2 aromatic carbocycles. The van der Waals surface area contributed by atoms with Gasteiger partial charge in [0.1, 0.15) is 5.82 Å². The van der Waals surface area contributed by atoms with Gasteiger partial charge in [0.15, 0.2) is 0 Å². The Balaban J connectivity index is 1.77. The molecule has 1 aliphatic rings. The summed E-state index contributed by atoms with van der Waals surface area (Å²) in [7, 11) is -1.91. The number of halogens is 7. The summed E-state index contributed by atoms with van der Waals surface area (Å²) in [5.74, 6) is -3.88. The number of anilines is 2. The lowest BCUT2D eigenvalue weighted by molar-refractivity contribution is -0.179. The lowest BCUT2D eigenvalue weighted by atomic mass is 9.95. The molecule has 0 spiro atoms. The number of piperidine rings is 1. The average Bonchev–Trinajstić information content (AvgIpc) is 2.85. The molecule has 14 heteroatoms. The minimum absolute atomic E-state index is 0.0820. The molecule has 6 nitrogen and oxygen atoms in total. The summed E-state index contributed by atoms with van der Waals surface area (Å²) in [6.45, 7) is 1.06. The highest BCUT2D eigenvalue weighted by Gasteiger charge is 2.41. The Morgan fingerprint density at radius 1 is 1.08 bits per heavy atom. The van der Waals surface area contributed by atoms with Crippen molar-refractivity contribution in [3.05, 3.63) is 58.9 Å². The number of hydrogen-bond donors (Lipinski definition) is 2. The summed E-state index contributed by atoms with van der Waals surface area (Å²) in [6, 6.07) is 6.48. The first-order chi connectivity index (χ1) is 17.6. The van der Waals surface area contributed by atoms with Crippen LogP contribution in [0.3, 0.4) is 0 Å². The molecule has 1 heterocycles. The third-order valence-corrected chi connectivity index (χ3v) is 7.33. The number of nitrogens with one attached hydrogen (secondary N) is 1. The third kappa shape index (κ3) is 6.88. The third-order valence-electron chi connectivity index (χ3n) is 6.62. The van der Waals surface area contributed by atoms with Crippen molar-refractivity contribution in [3.63, 3.8) is 0 Å². The van der Waals surface area contributed by atoms with Crippen LogP contribution >= 0.6 is 0 Å². The van der Waals surface area contributed by atoms with Gasteiger partial charge in [-0.1, -0.05) is 12.1 Å². The van der Waals surface area contributed by atoms with Gasteiger partial charge in [-0.25, -0.2) is 12.8 Å². The van der Waals surface area contributed by atoms with E-state index in [0.29, 0.717) is 4.31 Å². The molecule has 0 aliphatic carbocycles. The Morgan fingerprint density at radius 2 is 1.71 bits per heavy atom. The van der Waals surface area contributed by atoms with Crippen molar-refractivity contribution in [2.45, 2.75) is 44.6 Å². The molecule has 1 amide bonds. The predicted molar refractivity (Wildman–Crippen MR) is 128 cm³/mol. The van der Waals surface area contributed by atoms with Crippen molar-refractivity contribution < 1.29 is 43.9 Å². The highest BCUT2D eigenvalue weighted by atomic mass is 32.2. The summed E-state index contributed by atoms with van der Waals surface area (Å²) in [4.78, 5) is 14.2. The number of carbonyl (C=O) groups excluding carboxylic acids is 1. The minimum atomic E-state index is -4.67. The fraction of sp³-hybridized carbons (Fsp3) is 0.458. The molecular formula is C24H26F7N3O3S. The highest BCUT2D eigenvalue weighted by Crippen LogP contribution is 2.38. The number of nitrogens with zero attached hydrogens (tertiary/aromatic N) is 2. The Bertz CT molecular complexity index is 1230. The van der Waals surface area contributed by atoms with Gasteiger partial charge in [-0.15, -0.1) is 0 Å². The van der Waals surface area contributed by atoms with E-state index in [4.69, 9.17) is 0 Å². The van der Waals surface area contributed by atoms with Gasteiger partial charge in [0, 0.05) is 32.4 Å². The lowest BCUT2D eigenvalue weighted by Gasteiger charge is -2.35. The monoisotopic (exact) mass is 569 g/mol. The summed E-state index contributed by atoms with van der Waals surface area (Å²) in [5, 5.41) is 2.59. The zero-order valence-corrected chi connectivity index (χ0v) is 21.3. The first-order valence-corrected chi connectivity index (χ1v) is 12.7. The van der Waals surface area contributed by atoms with Crippen molar-refractivity contribution in [3.8, 4) is 0 Å². The van der Waals surface area contributed by atoms with Crippen LogP contribution in [0.15, 0.2) is 36.4 Å². The fourth-order valence-electron chi connectivity index (χ4n) is 4.26. The molecule has 210 valence electrons. The molecule has 0 radical (unpaired) electrons. The number of benzene rings is 2. The summed E-state index contributed by atoms with van der Waals surface area (Å²) in [6.07, 6.45) is -9.58. The van der Waals surface area contributed by atoms with Gasteiger partial charge in [-0.05, 0) is 55.2 Å². The van der Waals surface area contributed by atoms with Crippen LogP contribution in [0.25, 0.3) is 0 Å². The second-order valence-corrected chi connectivity index (χ2v) is 10.1. The first-order valence-electron chi connectivity index (χ1n) is 11.6. The molecule has 1 unspecified atom stereocenters. The molecule has 2 aromatic rings. The topological polar surface area (TPSA) is 69.7 Å². The standard InChI is InChI=1S/C24H26F7N3O3S/c1-14(15-4-6-20(19(25)11-15)33(2)38(36)37)22(35)32-13-16-3-5-18(24(29,30)31)12-21(16)34-9-7-17(8-10-34)23(26,27)28/h3-6,11-12,14,17,38H,7-10,13H2,1-2H3,(H,32,35). The molecular weight excluding hydrogens is 543 g/mol. The SMILES string of the molecule is CC(C(=O)NCc1ccc(C(F)(F)F)cc1N1CCC(C(F)(F)F)CC1)c1ccc(N(C)[SH](=O)=O)c(F)c1. The molecule has 1 atom stereocenters. The van der Waals surface area contributed by atoms with Crippen LogP contribution in [0.1, 0.15) is 42.4 Å². The second kappa shape index (κ2) is 11.4. The number of carbonyl (C=O) groups is 1. The van der Waals surface area contributed by atoms with Gasteiger partial charge in [-0.3, -0.25) is 9.10 Å². The van der Waals surface area contributed by atoms with Gasteiger partial charge < -0.3 is 10.2 Å². The van der Waals surface area contributed by atoms with E-state index >= 15 is 0 Å².